The van der Waals surface area contributed by atoms with Gasteiger partial charge < -0.3 is 4.74 Å². The normalized spacial score (nSPS) is 27.8. The van der Waals surface area contributed by atoms with Crippen molar-refractivity contribution in [2.75, 3.05) is 12.3 Å². The molecule has 0 aliphatic carbocycles. The molecule has 1 saturated heterocycles. The van der Waals surface area contributed by atoms with E-state index in [2.05, 4.69) is 30.9 Å². The molecule has 1 aromatic rings. The topological polar surface area (TPSA) is 29.5 Å². The lowest BCUT2D eigenvalue weighted by Gasteiger charge is -2.37. The van der Waals surface area contributed by atoms with Crippen molar-refractivity contribution in [3.05, 3.63) is 29.8 Å². The zero-order chi connectivity index (χ0) is 14.7. The number of para-hydroxylation sites is 1. The molecule has 0 N–H and O–H groups in total. The van der Waals surface area contributed by atoms with Gasteiger partial charge in [-0.05, 0) is 33.8 Å². The Labute approximate surface area is 124 Å². The summed E-state index contributed by atoms with van der Waals surface area (Å²) in [5.74, 6) is 1.74. The van der Waals surface area contributed by atoms with Crippen LogP contribution in [0.15, 0.2) is 24.3 Å². The maximum absolute atomic E-state index is 11.9. The highest BCUT2D eigenvalue weighted by atomic mass is 32.2. The fourth-order valence-corrected chi connectivity index (χ4v) is 3.96. The van der Waals surface area contributed by atoms with Crippen molar-refractivity contribution in [2.24, 2.45) is 0 Å². The van der Waals surface area contributed by atoms with Gasteiger partial charge in [0.25, 0.3) is 0 Å². The van der Waals surface area contributed by atoms with Crippen LogP contribution in [0.4, 0.5) is 0 Å². The van der Waals surface area contributed by atoms with E-state index in [0.717, 1.165) is 24.6 Å². The number of benzene rings is 1. The van der Waals surface area contributed by atoms with Gasteiger partial charge in [-0.15, -0.1) is 0 Å². The van der Waals surface area contributed by atoms with Gasteiger partial charge in [0.1, 0.15) is 5.75 Å². The van der Waals surface area contributed by atoms with E-state index < -0.39 is 10.8 Å². The summed E-state index contributed by atoms with van der Waals surface area (Å²) in [5, 5.41) is 0.238. The highest BCUT2D eigenvalue weighted by Crippen LogP contribution is 2.24. The fraction of sp³-hybridized carbons (Fsp3) is 0.625. The SMILES string of the molecule is CC(C)Oc1ccccc1CN1CC[S@](=O)[C@H](C)[C@H]1C. The summed E-state index contributed by atoms with van der Waals surface area (Å²) < 4.78 is 17.8. The van der Waals surface area contributed by atoms with Gasteiger partial charge in [0.15, 0.2) is 0 Å². The maximum atomic E-state index is 11.9. The lowest BCUT2D eigenvalue weighted by molar-refractivity contribution is 0.191. The summed E-state index contributed by atoms with van der Waals surface area (Å²) in [6, 6.07) is 8.57. The van der Waals surface area contributed by atoms with Gasteiger partial charge in [0.2, 0.25) is 0 Å². The molecule has 2 rings (SSSR count). The van der Waals surface area contributed by atoms with E-state index in [0.29, 0.717) is 6.04 Å². The van der Waals surface area contributed by atoms with Crippen molar-refractivity contribution < 1.29 is 8.95 Å². The Balaban J connectivity index is 2.12. The number of hydrogen-bond acceptors (Lipinski definition) is 3. The molecule has 0 aromatic heterocycles. The van der Waals surface area contributed by atoms with Crippen LogP contribution in [-0.2, 0) is 17.3 Å². The maximum Gasteiger partial charge on any atom is 0.124 e. The number of rotatable bonds is 4. The first-order valence-electron chi connectivity index (χ1n) is 7.35. The Morgan fingerprint density at radius 3 is 2.75 bits per heavy atom. The molecule has 3 nitrogen and oxygen atoms in total. The molecule has 112 valence electrons. The minimum absolute atomic E-state index is 0.182. The van der Waals surface area contributed by atoms with E-state index in [-0.39, 0.29) is 11.4 Å². The first-order valence-corrected chi connectivity index (χ1v) is 8.73. The summed E-state index contributed by atoms with van der Waals surface area (Å²) in [7, 11) is -0.681. The Bertz CT molecular complexity index is 475. The van der Waals surface area contributed by atoms with Gasteiger partial charge in [-0.2, -0.15) is 0 Å². The largest absolute Gasteiger partial charge is 0.491 e. The van der Waals surface area contributed by atoms with Gasteiger partial charge in [-0.25, -0.2) is 0 Å². The van der Waals surface area contributed by atoms with E-state index in [1.807, 2.05) is 26.0 Å². The van der Waals surface area contributed by atoms with Crippen molar-refractivity contribution >= 4 is 10.8 Å². The van der Waals surface area contributed by atoms with Crippen molar-refractivity contribution in [1.29, 1.82) is 0 Å². The van der Waals surface area contributed by atoms with Crippen LogP contribution in [0.1, 0.15) is 33.3 Å². The first-order chi connectivity index (χ1) is 9.49. The van der Waals surface area contributed by atoms with Crippen LogP contribution < -0.4 is 4.74 Å². The average molecular weight is 295 g/mol. The Morgan fingerprint density at radius 1 is 1.35 bits per heavy atom. The van der Waals surface area contributed by atoms with Gasteiger partial charge >= 0.3 is 0 Å². The quantitative estimate of drug-likeness (QED) is 0.855. The van der Waals surface area contributed by atoms with Gasteiger partial charge in [-0.3, -0.25) is 9.11 Å². The van der Waals surface area contributed by atoms with Crippen molar-refractivity contribution in [1.82, 2.24) is 4.90 Å². The van der Waals surface area contributed by atoms with Crippen LogP contribution in [0, 0.1) is 0 Å². The Kier molecular flexibility index (Phi) is 5.22. The first kappa shape index (κ1) is 15.5. The van der Waals surface area contributed by atoms with E-state index in [4.69, 9.17) is 4.74 Å². The zero-order valence-corrected chi connectivity index (χ0v) is 13.7. The van der Waals surface area contributed by atoms with Gasteiger partial charge in [-0.1, -0.05) is 18.2 Å². The number of nitrogens with zero attached hydrogens (tertiary/aromatic N) is 1. The third-order valence-corrected chi connectivity index (χ3v) is 5.77. The second-order valence-electron chi connectivity index (χ2n) is 5.78. The summed E-state index contributed by atoms with van der Waals surface area (Å²) in [6.07, 6.45) is 0.182. The molecular formula is C16H25NO2S. The summed E-state index contributed by atoms with van der Waals surface area (Å²) >= 11 is 0. The van der Waals surface area contributed by atoms with Crippen LogP contribution in [0.3, 0.4) is 0 Å². The molecule has 20 heavy (non-hydrogen) atoms. The molecule has 3 atom stereocenters. The van der Waals surface area contributed by atoms with E-state index in [9.17, 15) is 4.21 Å². The summed E-state index contributed by atoms with van der Waals surface area (Å²) in [4.78, 5) is 2.41. The molecule has 1 fully saturated rings. The average Bonchev–Trinajstić information content (AvgIpc) is 2.41. The van der Waals surface area contributed by atoms with Crippen LogP contribution in [0.2, 0.25) is 0 Å². The fourth-order valence-electron chi connectivity index (χ4n) is 2.56. The Morgan fingerprint density at radius 2 is 2.05 bits per heavy atom. The standard InChI is InChI=1S/C16H25NO2S/c1-12(2)19-16-8-6-5-7-15(16)11-17-9-10-20(18)14(4)13(17)3/h5-8,12-14H,9-11H2,1-4H3/t13-,14-,20+/m1/s1. The van der Waals surface area contributed by atoms with Crippen LogP contribution >= 0.6 is 0 Å². The molecule has 0 amide bonds. The summed E-state index contributed by atoms with van der Waals surface area (Å²) in [5.41, 5.74) is 1.22. The van der Waals surface area contributed by atoms with E-state index >= 15 is 0 Å². The Hall–Kier alpha value is -0.870. The van der Waals surface area contributed by atoms with Crippen molar-refractivity contribution in [3.8, 4) is 5.75 Å². The molecule has 0 spiro atoms. The predicted octanol–water partition coefficient (Wildman–Crippen LogP) is 2.82. The molecule has 1 aliphatic heterocycles. The molecule has 4 heteroatoms. The van der Waals surface area contributed by atoms with Crippen LogP contribution in [0.25, 0.3) is 0 Å². The predicted molar refractivity (Wildman–Crippen MR) is 84.5 cm³/mol. The molecule has 0 saturated carbocycles. The third kappa shape index (κ3) is 3.61. The highest BCUT2D eigenvalue weighted by molar-refractivity contribution is 7.85. The second-order valence-corrected chi connectivity index (χ2v) is 7.69. The molecule has 0 radical (unpaired) electrons. The molecule has 1 heterocycles. The van der Waals surface area contributed by atoms with Gasteiger partial charge in [0.05, 0.1) is 6.10 Å². The van der Waals surface area contributed by atoms with Crippen molar-refractivity contribution in [3.63, 3.8) is 0 Å². The van der Waals surface area contributed by atoms with Crippen LogP contribution in [-0.4, -0.2) is 38.8 Å². The lowest BCUT2D eigenvalue weighted by atomic mass is 10.1. The zero-order valence-electron chi connectivity index (χ0n) is 12.8. The molecule has 0 bridgehead atoms. The molecule has 0 unspecified atom stereocenters. The third-order valence-electron chi connectivity index (χ3n) is 3.96. The summed E-state index contributed by atoms with van der Waals surface area (Å²) in [6.45, 7) is 10.1. The van der Waals surface area contributed by atoms with Crippen LogP contribution in [0.5, 0.6) is 5.75 Å². The van der Waals surface area contributed by atoms with E-state index in [1.54, 1.807) is 0 Å². The monoisotopic (exact) mass is 295 g/mol. The molecular weight excluding hydrogens is 270 g/mol. The smallest absolute Gasteiger partial charge is 0.124 e. The lowest BCUT2D eigenvalue weighted by Crippen LogP contribution is -2.49. The highest BCUT2D eigenvalue weighted by Gasteiger charge is 2.30. The number of hydrogen-bond donors (Lipinski definition) is 0. The molecule has 1 aliphatic rings. The molecule has 1 aromatic carbocycles. The second kappa shape index (κ2) is 6.72. The van der Waals surface area contributed by atoms with Gasteiger partial charge in [0, 0.05) is 46.5 Å². The minimum Gasteiger partial charge on any atom is -0.491 e. The minimum atomic E-state index is -0.681. The van der Waals surface area contributed by atoms with E-state index in [1.165, 1.54) is 5.56 Å². The van der Waals surface area contributed by atoms with Crippen molar-refractivity contribution in [2.45, 2.75) is 51.6 Å². The number of ether oxygens (including phenoxy) is 1.